The molecule has 2 aliphatic carbocycles. The van der Waals surface area contributed by atoms with E-state index < -0.39 is 5.41 Å². The Hall–Kier alpha value is -9.24. The van der Waals surface area contributed by atoms with E-state index in [0.29, 0.717) is 0 Å². The number of hydrogen-bond acceptors (Lipinski definition) is 1. The highest BCUT2D eigenvalue weighted by Gasteiger charge is 2.51. The predicted molar refractivity (Wildman–Crippen MR) is 298 cm³/mol. The summed E-state index contributed by atoms with van der Waals surface area (Å²) in [6.07, 6.45) is 0. The number of aromatic nitrogens is 1. The van der Waals surface area contributed by atoms with Crippen LogP contribution in [0, 0.1) is 0 Å². The van der Waals surface area contributed by atoms with E-state index in [1.54, 1.807) is 0 Å². The zero-order valence-electron chi connectivity index (χ0n) is 38.8. The third-order valence-corrected chi connectivity index (χ3v) is 15.6. The highest BCUT2D eigenvalue weighted by molar-refractivity contribution is 6.12. The van der Waals surface area contributed by atoms with E-state index in [2.05, 4.69) is 276 Å². The van der Waals surface area contributed by atoms with Gasteiger partial charge in [0, 0.05) is 32.9 Å². The van der Waals surface area contributed by atoms with Crippen LogP contribution in [0.5, 0.6) is 0 Å². The number of benzene rings is 12. The van der Waals surface area contributed by atoms with Crippen molar-refractivity contribution in [1.82, 2.24) is 4.57 Å². The van der Waals surface area contributed by atoms with Gasteiger partial charge in [-0.3, -0.25) is 0 Å². The van der Waals surface area contributed by atoms with Crippen LogP contribution in [0.25, 0.3) is 93.5 Å². The van der Waals surface area contributed by atoms with E-state index in [-0.39, 0.29) is 0 Å². The smallest absolute Gasteiger partial charge is 0.0726 e. The van der Waals surface area contributed by atoms with Gasteiger partial charge in [0.2, 0.25) is 0 Å². The standard InChI is InChI=1S/C69H44N2/c1-3-22-53-47(16-1)18-14-32-65(53)70(52-39-40-58-57-26-7-11-30-63(57)69(64(58)44-52)61-28-9-5-24-55(61)56-25-6-10-29-62(56)69)51-21-13-20-49(42-51)45-34-36-46(37-35-45)50-38-41-68-60(43-50)59-27-8-12-31-67(59)71(68)66-33-15-19-48-17-2-4-23-54(48)66/h1-44H. The van der Waals surface area contributed by atoms with Crippen molar-refractivity contribution >= 4 is 60.4 Å². The van der Waals surface area contributed by atoms with Crippen molar-refractivity contribution in [1.29, 1.82) is 0 Å². The molecule has 0 amide bonds. The molecule has 0 fully saturated rings. The number of anilines is 3. The number of rotatable bonds is 6. The number of para-hydroxylation sites is 1. The maximum absolute atomic E-state index is 2.49. The van der Waals surface area contributed by atoms with Gasteiger partial charge < -0.3 is 9.47 Å². The second-order valence-corrected chi connectivity index (χ2v) is 19.2. The van der Waals surface area contributed by atoms with Crippen LogP contribution in [-0.4, -0.2) is 4.57 Å². The molecule has 2 heteroatoms. The molecule has 1 aromatic heterocycles. The zero-order valence-corrected chi connectivity index (χ0v) is 38.8. The number of fused-ring (bicyclic) bond motifs is 15. The Bertz CT molecular complexity index is 4230. The van der Waals surface area contributed by atoms with Crippen LogP contribution in [0.3, 0.4) is 0 Å². The molecule has 0 radical (unpaired) electrons. The Morgan fingerprint density at radius 1 is 0.282 bits per heavy atom. The Kier molecular flexibility index (Phi) is 8.61. The predicted octanol–water partition coefficient (Wildman–Crippen LogP) is 18.2. The average molecular weight is 901 g/mol. The minimum absolute atomic E-state index is 0.443. The minimum Gasteiger partial charge on any atom is -0.310 e. The Balaban J connectivity index is 0.853. The lowest BCUT2D eigenvalue weighted by atomic mass is 9.70. The monoisotopic (exact) mass is 900 g/mol. The molecule has 0 saturated carbocycles. The Labute approximate surface area is 412 Å². The van der Waals surface area contributed by atoms with E-state index in [1.807, 2.05) is 0 Å². The third-order valence-electron chi connectivity index (χ3n) is 15.6. The van der Waals surface area contributed by atoms with Crippen molar-refractivity contribution < 1.29 is 0 Å². The van der Waals surface area contributed by atoms with Crippen LogP contribution < -0.4 is 4.90 Å². The fourth-order valence-electron chi connectivity index (χ4n) is 12.5. The molecular formula is C69H44N2. The van der Waals surface area contributed by atoms with E-state index in [9.17, 15) is 0 Å². The second-order valence-electron chi connectivity index (χ2n) is 19.2. The number of hydrogen-bond donors (Lipinski definition) is 0. The van der Waals surface area contributed by atoms with Crippen molar-refractivity contribution in [3.8, 4) is 50.2 Å². The summed E-state index contributed by atoms with van der Waals surface area (Å²) in [5.74, 6) is 0. The van der Waals surface area contributed by atoms with Gasteiger partial charge in [0.15, 0.2) is 0 Å². The van der Waals surface area contributed by atoms with Crippen molar-refractivity contribution in [3.63, 3.8) is 0 Å². The van der Waals surface area contributed by atoms with Gasteiger partial charge >= 0.3 is 0 Å². The summed E-state index contributed by atoms with van der Waals surface area (Å²) in [5.41, 5.74) is 21.8. The summed E-state index contributed by atoms with van der Waals surface area (Å²) in [6.45, 7) is 0. The maximum Gasteiger partial charge on any atom is 0.0726 e. The molecule has 1 spiro atoms. The van der Waals surface area contributed by atoms with Crippen LogP contribution in [0.1, 0.15) is 22.3 Å². The Morgan fingerprint density at radius 3 is 1.48 bits per heavy atom. The highest BCUT2D eigenvalue weighted by atomic mass is 15.1. The van der Waals surface area contributed by atoms with Crippen molar-refractivity contribution in [2.24, 2.45) is 0 Å². The molecule has 0 atom stereocenters. The van der Waals surface area contributed by atoms with E-state index >= 15 is 0 Å². The van der Waals surface area contributed by atoms with Crippen molar-refractivity contribution in [3.05, 3.63) is 289 Å². The fraction of sp³-hybridized carbons (Fsp3) is 0.0145. The van der Waals surface area contributed by atoms with Gasteiger partial charge in [-0.15, -0.1) is 0 Å². The fourth-order valence-corrected chi connectivity index (χ4v) is 12.5. The van der Waals surface area contributed by atoms with Gasteiger partial charge in [0.1, 0.15) is 0 Å². The molecule has 0 bridgehead atoms. The van der Waals surface area contributed by atoms with Crippen LogP contribution >= 0.6 is 0 Å². The van der Waals surface area contributed by atoms with Crippen molar-refractivity contribution in [2.75, 3.05) is 4.90 Å². The lowest BCUT2D eigenvalue weighted by Gasteiger charge is -2.32. The Morgan fingerprint density at radius 2 is 0.775 bits per heavy atom. The van der Waals surface area contributed by atoms with Gasteiger partial charge in [-0.05, 0) is 132 Å². The normalized spacial score (nSPS) is 12.9. The molecule has 0 unspecified atom stereocenters. The SMILES string of the molecule is c1cc(-c2ccc(-c3ccc4c(c3)c3ccccc3n4-c3cccc4ccccc34)cc2)cc(N(c2ccc3c(c2)C2(c4ccccc4-c4ccccc42)c2ccccc2-3)c2cccc3ccccc23)c1. The molecule has 15 rings (SSSR count). The van der Waals surface area contributed by atoms with E-state index in [1.165, 1.54) is 110 Å². The highest BCUT2D eigenvalue weighted by Crippen LogP contribution is 2.63. The summed E-state index contributed by atoms with van der Waals surface area (Å²) >= 11 is 0. The molecule has 1 heterocycles. The topological polar surface area (TPSA) is 8.17 Å². The lowest BCUT2D eigenvalue weighted by Crippen LogP contribution is -2.26. The molecular weight excluding hydrogens is 857 g/mol. The first-order chi connectivity index (χ1) is 35.2. The molecule has 330 valence electrons. The summed E-state index contributed by atoms with van der Waals surface area (Å²) in [5, 5.41) is 7.40. The quantitative estimate of drug-likeness (QED) is 0.161. The average Bonchev–Trinajstić information content (AvgIpc) is 4.05. The van der Waals surface area contributed by atoms with Gasteiger partial charge in [-0.25, -0.2) is 0 Å². The third kappa shape index (κ3) is 5.77. The zero-order chi connectivity index (χ0) is 46.6. The molecule has 0 saturated heterocycles. The lowest BCUT2D eigenvalue weighted by molar-refractivity contribution is 0.793. The van der Waals surface area contributed by atoms with Crippen molar-refractivity contribution in [2.45, 2.75) is 5.41 Å². The molecule has 2 nitrogen and oxygen atoms in total. The van der Waals surface area contributed by atoms with Crippen LogP contribution in [0.2, 0.25) is 0 Å². The first-order valence-electron chi connectivity index (χ1n) is 24.7. The molecule has 71 heavy (non-hydrogen) atoms. The van der Waals surface area contributed by atoms with Gasteiger partial charge in [-0.1, -0.05) is 212 Å². The largest absolute Gasteiger partial charge is 0.310 e. The number of nitrogens with zero attached hydrogens (tertiary/aromatic N) is 2. The van der Waals surface area contributed by atoms with E-state index in [4.69, 9.17) is 0 Å². The van der Waals surface area contributed by atoms with Gasteiger partial charge in [0.05, 0.1) is 27.8 Å². The molecule has 12 aromatic carbocycles. The van der Waals surface area contributed by atoms with Crippen LogP contribution in [0.15, 0.2) is 267 Å². The summed E-state index contributed by atoms with van der Waals surface area (Å²) in [7, 11) is 0. The summed E-state index contributed by atoms with van der Waals surface area (Å²) < 4.78 is 2.43. The van der Waals surface area contributed by atoms with E-state index in [0.717, 1.165) is 22.6 Å². The molecule has 0 N–H and O–H groups in total. The van der Waals surface area contributed by atoms with Gasteiger partial charge in [-0.2, -0.15) is 0 Å². The summed E-state index contributed by atoms with van der Waals surface area (Å²) in [6, 6.07) is 99.1. The molecule has 0 aliphatic heterocycles. The molecule has 13 aromatic rings. The van der Waals surface area contributed by atoms with Gasteiger partial charge in [0.25, 0.3) is 0 Å². The first kappa shape index (κ1) is 39.7. The van der Waals surface area contributed by atoms with Crippen LogP contribution in [-0.2, 0) is 5.41 Å². The maximum atomic E-state index is 2.49. The summed E-state index contributed by atoms with van der Waals surface area (Å²) in [4.78, 5) is 2.48. The first-order valence-corrected chi connectivity index (χ1v) is 24.7. The molecule has 2 aliphatic rings. The van der Waals surface area contributed by atoms with Crippen LogP contribution in [0.4, 0.5) is 17.1 Å². The minimum atomic E-state index is -0.443. The second kappa shape index (κ2) is 15.4.